The standard InChI is InChI=1S/C15H17ClN2O2/c16-13-4-3-11(14-12(13)2-1-5-18-14)6-17-7-15(8-19)9-20-10-15/h1-5,17,19H,6-10H2. The van der Waals surface area contributed by atoms with Crippen LogP contribution in [-0.4, -0.2) is 36.5 Å². The lowest BCUT2D eigenvalue weighted by Gasteiger charge is -2.40. The molecule has 0 saturated carbocycles. The number of aliphatic hydroxyl groups is 1. The molecule has 0 unspecified atom stereocenters. The zero-order valence-electron chi connectivity index (χ0n) is 11.1. The van der Waals surface area contributed by atoms with Crippen molar-refractivity contribution in [2.45, 2.75) is 6.54 Å². The normalized spacial score (nSPS) is 17.1. The van der Waals surface area contributed by atoms with E-state index in [0.717, 1.165) is 28.0 Å². The monoisotopic (exact) mass is 292 g/mol. The number of rotatable bonds is 5. The van der Waals surface area contributed by atoms with Crippen molar-refractivity contribution in [2.75, 3.05) is 26.4 Å². The number of aromatic nitrogens is 1. The summed E-state index contributed by atoms with van der Waals surface area (Å²) in [7, 11) is 0. The molecule has 3 rings (SSSR count). The largest absolute Gasteiger partial charge is 0.396 e. The molecular weight excluding hydrogens is 276 g/mol. The van der Waals surface area contributed by atoms with E-state index in [1.54, 1.807) is 6.20 Å². The van der Waals surface area contributed by atoms with Gasteiger partial charge in [0.05, 0.1) is 30.8 Å². The van der Waals surface area contributed by atoms with Gasteiger partial charge < -0.3 is 15.2 Å². The van der Waals surface area contributed by atoms with Gasteiger partial charge in [0.1, 0.15) is 0 Å². The van der Waals surface area contributed by atoms with Crippen LogP contribution in [0.15, 0.2) is 30.5 Å². The number of aliphatic hydroxyl groups excluding tert-OH is 1. The molecule has 1 aliphatic rings. The van der Waals surface area contributed by atoms with Crippen LogP contribution in [0.4, 0.5) is 0 Å². The highest BCUT2D eigenvalue weighted by molar-refractivity contribution is 6.35. The van der Waals surface area contributed by atoms with Crippen molar-refractivity contribution >= 4 is 22.5 Å². The summed E-state index contributed by atoms with van der Waals surface area (Å²) in [6, 6.07) is 7.76. The van der Waals surface area contributed by atoms with Crippen LogP contribution in [0, 0.1) is 5.41 Å². The van der Waals surface area contributed by atoms with Gasteiger partial charge in [0.15, 0.2) is 0 Å². The van der Waals surface area contributed by atoms with Gasteiger partial charge in [-0.2, -0.15) is 0 Å². The maximum Gasteiger partial charge on any atom is 0.0761 e. The molecule has 1 fully saturated rings. The van der Waals surface area contributed by atoms with Gasteiger partial charge in [-0.25, -0.2) is 0 Å². The third-order valence-corrected chi connectivity index (χ3v) is 4.10. The highest BCUT2D eigenvalue weighted by atomic mass is 35.5. The van der Waals surface area contributed by atoms with Crippen LogP contribution < -0.4 is 5.32 Å². The van der Waals surface area contributed by atoms with Crippen molar-refractivity contribution in [1.29, 1.82) is 0 Å². The zero-order chi connectivity index (χ0) is 14.0. The summed E-state index contributed by atoms with van der Waals surface area (Å²) >= 11 is 6.18. The van der Waals surface area contributed by atoms with Gasteiger partial charge in [0, 0.05) is 29.7 Å². The average molecular weight is 293 g/mol. The Morgan fingerprint density at radius 3 is 2.90 bits per heavy atom. The molecule has 2 N–H and O–H groups in total. The van der Waals surface area contributed by atoms with Gasteiger partial charge in [0.2, 0.25) is 0 Å². The number of pyridine rings is 1. The molecule has 4 nitrogen and oxygen atoms in total. The highest BCUT2D eigenvalue weighted by Gasteiger charge is 2.37. The Morgan fingerprint density at radius 2 is 2.20 bits per heavy atom. The molecule has 0 amide bonds. The number of hydrogen-bond donors (Lipinski definition) is 2. The smallest absolute Gasteiger partial charge is 0.0761 e. The van der Waals surface area contributed by atoms with Crippen molar-refractivity contribution in [3.8, 4) is 0 Å². The molecule has 106 valence electrons. The minimum absolute atomic E-state index is 0.115. The van der Waals surface area contributed by atoms with Crippen LogP contribution in [0.5, 0.6) is 0 Å². The van der Waals surface area contributed by atoms with E-state index in [1.807, 2.05) is 24.3 Å². The molecule has 1 aromatic carbocycles. The highest BCUT2D eigenvalue weighted by Crippen LogP contribution is 2.27. The molecule has 1 saturated heterocycles. The summed E-state index contributed by atoms with van der Waals surface area (Å²) in [5.74, 6) is 0. The molecule has 0 atom stereocenters. The summed E-state index contributed by atoms with van der Waals surface area (Å²) < 4.78 is 5.19. The van der Waals surface area contributed by atoms with Crippen LogP contribution in [-0.2, 0) is 11.3 Å². The number of nitrogens with one attached hydrogen (secondary N) is 1. The second-order valence-electron chi connectivity index (χ2n) is 5.36. The van der Waals surface area contributed by atoms with E-state index in [2.05, 4.69) is 10.3 Å². The summed E-state index contributed by atoms with van der Waals surface area (Å²) in [4.78, 5) is 4.41. The molecule has 0 bridgehead atoms. The van der Waals surface area contributed by atoms with E-state index >= 15 is 0 Å². The summed E-state index contributed by atoms with van der Waals surface area (Å²) in [5, 5.41) is 14.5. The van der Waals surface area contributed by atoms with Crippen molar-refractivity contribution in [2.24, 2.45) is 5.41 Å². The first-order chi connectivity index (χ1) is 9.74. The first kappa shape index (κ1) is 13.8. The van der Waals surface area contributed by atoms with Gasteiger partial charge in [-0.1, -0.05) is 17.7 Å². The number of halogens is 1. The fraction of sp³-hybridized carbons (Fsp3) is 0.400. The van der Waals surface area contributed by atoms with Gasteiger partial charge >= 0.3 is 0 Å². The number of ether oxygens (including phenoxy) is 1. The van der Waals surface area contributed by atoms with E-state index in [9.17, 15) is 5.11 Å². The predicted molar refractivity (Wildman–Crippen MR) is 78.8 cm³/mol. The molecule has 1 aromatic heterocycles. The third-order valence-electron chi connectivity index (χ3n) is 3.77. The minimum Gasteiger partial charge on any atom is -0.396 e. The average Bonchev–Trinajstić information content (AvgIpc) is 2.44. The summed E-state index contributed by atoms with van der Waals surface area (Å²) in [6.45, 7) is 2.83. The van der Waals surface area contributed by atoms with Crippen molar-refractivity contribution in [1.82, 2.24) is 10.3 Å². The lowest BCUT2D eigenvalue weighted by molar-refractivity contribution is -0.134. The molecular formula is C15H17ClN2O2. The Labute approximate surface area is 122 Å². The Morgan fingerprint density at radius 1 is 1.35 bits per heavy atom. The van der Waals surface area contributed by atoms with Crippen LogP contribution in [0.25, 0.3) is 10.9 Å². The molecule has 2 aromatic rings. The Hall–Kier alpha value is -1.20. The van der Waals surface area contributed by atoms with Gasteiger partial charge in [-0.15, -0.1) is 0 Å². The van der Waals surface area contributed by atoms with Gasteiger partial charge in [-0.05, 0) is 23.8 Å². The molecule has 0 spiro atoms. The van der Waals surface area contributed by atoms with Crippen LogP contribution in [0.2, 0.25) is 5.02 Å². The van der Waals surface area contributed by atoms with Gasteiger partial charge in [0.25, 0.3) is 0 Å². The topological polar surface area (TPSA) is 54.4 Å². The lowest BCUT2D eigenvalue weighted by atomic mass is 9.87. The minimum atomic E-state index is -0.115. The number of nitrogens with zero attached hydrogens (tertiary/aromatic N) is 1. The Kier molecular flexibility index (Phi) is 3.89. The van der Waals surface area contributed by atoms with Crippen LogP contribution >= 0.6 is 11.6 Å². The van der Waals surface area contributed by atoms with E-state index in [0.29, 0.717) is 19.8 Å². The fourth-order valence-electron chi connectivity index (χ4n) is 2.44. The second-order valence-corrected chi connectivity index (χ2v) is 5.77. The predicted octanol–water partition coefficient (Wildman–Crippen LogP) is 1.99. The Balaban J connectivity index is 1.73. The van der Waals surface area contributed by atoms with Crippen LogP contribution in [0.1, 0.15) is 5.56 Å². The summed E-state index contributed by atoms with van der Waals surface area (Å²) in [5.41, 5.74) is 1.92. The van der Waals surface area contributed by atoms with E-state index in [4.69, 9.17) is 16.3 Å². The van der Waals surface area contributed by atoms with Gasteiger partial charge in [-0.3, -0.25) is 4.98 Å². The lowest BCUT2D eigenvalue weighted by Crippen LogP contribution is -2.52. The number of fused-ring (bicyclic) bond motifs is 1. The fourth-order valence-corrected chi connectivity index (χ4v) is 2.66. The van der Waals surface area contributed by atoms with E-state index in [-0.39, 0.29) is 12.0 Å². The molecule has 2 heterocycles. The molecule has 20 heavy (non-hydrogen) atoms. The maximum absolute atomic E-state index is 9.39. The van der Waals surface area contributed by atoms with Crippen molar-refractivity contribution in [3.05, 3.63) is 41.0 Å². The van der Waals surface area contributed by atoms with Crippen molar-refractivity contribution in [3.63, 3.8) is 0 Å². The van der Waals surface area contributed by atoms with E-state index in [1.165, 1.54) is 0 Å². The van der Waals surface area contributed by atoms with Crippen LogP contribution in [0.3, 0.4) is 0 Å². The molecule has 5 heteroatoms. The number of benzene rings is 1. The maximum atomic E-state index is 9.39. The first-order valence-electron chi connectivity index (χ1n) is 6.66. The molecule has 1 aliphatic heterocycles. The number of hydrogen-bond acceptors (Lipinski definition) is 4. The molecule has 0 aliphatic carbocycles. The first-order valence-corrected chi connectivity index (χ1v) is 7.03. The zero-order valence-corrected chi connectivity index (χ0v) is 11.9. The van der Waals surface area contributed by atoms with Crippen molar-refractivity contribution < 1.29 is 9.84 Å². The second kappa shape index (κ2) is 5.66. The summed E-state index contributed by atoms with van der Waals surface area (Å²) in [6.07, 6.45) is 1.77. The third kappa shape index (κ3) is 2.52. The quantitative estimate of drug-likeness (QED) is 0.885. The SMILES string of the molecule is OCC1(CNCc2ccc(Cl)c3cccnc23)COC1. The van der Waals surface area contributed by atoms with E-state index < -0.39 is 0 Å². The Bertz CT molecular complexity index is 608. The molecule has 0 radical (unpaired) electrons.